The van der Waals surface area contributed by atoms with Crippen molar-refractivity contribution < 1.29 is 9.15 Å². The van der Waals surface area contributed by atoms with Gasteiger partial charge in [-0.1, -0.05) is 18.5 Å². The van der Waals surface area contributed by atoms with Gasteiger partial charge < -0.3 is 9.15 Å². The molecule has 0 spiro atoms. The molecule has 0 aromatic heterocycles. The summed E-state index contributed by atoms with van der Waals surface area (Å²) in [6, 6.07) is 5.03. The molecule has 2 heterocycles. The number of aromatic amines is 1. The first kappa shape index (κ1) is 13.6. The van der Waals surface area contributed by atoms with Crippen LogP contribution in [-0.4, -0.2) is 16.6 Å². The van der Waals surface area contributed by atoms with E-state index in [2.05, 4.69) is 9.97 Å². The van der Waals surface area contributed by atoms with Crippen LogP contribution in [-0.2, 0) is 0 Å². The van der Waals surface area contributed by atoms with Crippen LogP contribution in [0.5, 0.6) is 5.75 Å². The van der Waals surface area contributed by atoms with E-state index in [-0.39, 0.29) is 16.5 Å². The highest BCUT2D eigenvalue weighted by Crippen LogP contribution is 2.35. The van der Waals surface area contributed by atoms with E-state index in [9.17, 15) is 9.59 Å². The highest BCUT2D eigenvalue weighted by Gasteiger charge is 2.17. The second-order valence-corrected chi connectivity index (χ2v) is 4.86. The molecule has 0 fully saturated rings. The maximum Gasteiger partial charge on any atom is 0.351 e. The highest BCUT2D eigenvalue weighted by molar-refractivity contribution is 6.36. The molecule has 0 unspecified atom stereocenters. The van der Waals surface area contributed by atoms with Gasteiger partial charge in [0.15, 0.2) is 5.58 Å². The Morgan fingerprint density at radius 1 is 1.38 bits per heavy atom. The molecule has 0 atom stereocenters. The summed E-state index contributed by atoms with van der Waals surface area (Å²) in [6.07, 6.45) is 0.847. The molecule has 1 N–H and O–H groups in total. The number of hydrogen-bond acceptors (Lipinski definition) is 5. The lowest BCUT2D eigenvalue weighted by molar-refractivity contribution is 0.317. The molecule has 2 aliphatic rings. The Kier molecular flexibility index (Phi) is 3.39. The Labute approximate surface area is 123 Å². The minimum Gasteiger partial charge on any atom is -0.492 e. The zero-order valence-electron chi connectivity index (χ0n) is 11.1. The summed E-state index contributed by atoms with van der Waals surface area (Å²) in [6.45, 7) is 2.51. The van der Waals surface area contributed by atoms with E-state index in [1.807, 2.05) is 6.92 Å². The fourth-order valence-corrected chi connectivity index (χ4v) is 2.26. The Morgan fingerprint density at radius 3 is 2.95 bits per heavy atom. The standard InChI is InChI=1S/C14H11ClN2O4/c1-2-5-20-9-4-3-7-6-8-12(18)16-14(19)17-13(8)21-11(7)10(9)15/h3-4,6H,2,5H2,1H3,(H,16,18,19). The molecule has 6 nitrogen and oxygen atoms in total. The van der Waals surface area contributed by atoms with Crippen LogP contribution in [0.2, 0.25) is 5.02 Å². The minimum atomic E-state index is -0.759. The number of nitrogens with one attached hydrogen (secondary N) is 1. The Morgan fingerprint density at radius 2 is 2.19 bits per heavy atom. The molecule has 1 aromatic carbocycles. The van der Waals surface area contributed by atoms with Crippen LogP contribution in [0.15, 0.2) is 32.2 Å². The Bertz CT molecular complexity index is 900. The SMILES string of the molecule is CCCOc1ccc2cc3c(=O)[nH]c(=O)nc-3oc2c1Cl. The third kappa shape index (κ3) is 2.38. The van der Waals surface area contributed by atoms with Crippen molar-refractivity contribution in [2.24, 2.45) is 0 Å². The lowest BCUT2D eigenvalue weighted by Gasteiger charge is -2.10. The van der Waals surface area contributed by atoms with Crippen LogP contribution in [0.25, 0.3) is 22.4 Å². The first-order valence-electron chi connectivity index (χ1n) is 6.39. The molecule has 3 rings (SSSR count). The first-order valence-corrected chi connectivity index (χ1v) is 6.77. The summed E-state index contributed by atoms with van der Waals surface area (Å²) in [5.74, 6) is 0.437. The number of ether oxygens (including phenoxy) is 1. The van der Waals surface area contributed by atoms with Crippen molar-refractivity contribution in [3.63, 3.8) is 0 Å². The highest BCUT2D eigenvalue weighted by atomic mass is 35.5. The number of nitrogens with zero attached hydrogens (tertiary/aromatic N) is 1. The van der Waals surface area contributed by atoms with Gasteiger partial charge in [-0.3, -0.25) is 9.78 Å². The van der Waals surface area contributed by atoms with Crippen LogP contribution in [0.1, 0.15) is 13.3 Å². The van der Waals surface area contributed by atoms with Crippen LogP contribution in [0.4, 0.5) is 0 Å². The summed E-state index contributed by atoms with van der Waals surface area (Å²) in [7, 11) is 0. The molecule has 0 amide bonds. The van der Waals surface area contributed by atoms with Crippen molar-refractivity contribution >= 4 is 22.6 Å². The Balaban J connectivity index is 2.29. The number of halogens is 1. The number of H-pyrrole nitrogens is 1. The maximum atomic E-state index is 11.7. The van der Waals surface area contributed by atoms with E-state index in [1.54, 1.807) is 18.2 Å². The van der Waals surface area contributed by atoms with E-state index in [0.29, 0.717) is 23.3 Å². The molecule has 0 aliphatic carbocycles. The minimum absolute atomic E-state index is 0.0502. The third-order valence-corrected chi connectivity index (χ3v) is 3.31. The molecule has 7 heteroatoms. The van der Waals surface area contributed by atoms with Crippen molar-refractivity contribution in [3.05, 3.63) is 44.1 Å². The second kappa shape index (κ2) is 5.21. The van der Waals surface area contributed by atoms with Crippen LogP contribution in [0, 0.1) is 0 Å². The predicted molar refractivity (Wildman–Crippen MR) is 78.3 cm³/mol. The molecule has 21 heavy (non-hydrogen) atoms. The third-order valence-electron chi connectivity index (χ3n) is 2.95. The zero-order valence-corrected chi connectivity index (χ0v) is 11.9. The molecule has 2 aliphatic heterocycles. The number of aromatic nitrogens is 2. The van der Waals surface area contributed by atoms with E-state index < -0.39 is 11.2 Å². The fraction of sp³-hybridized carbons (Fsp3) is 0.214. The van der Waals surface area contributed by atoms with E-state index in [1.165, 1.54) is 0 Å². The van der Waals surface area contributed by atoms with Crippen LogP contribution >= 0.6 is 11.6 Å². The zero-order chi connectivity index (χ0) is 15.0. The first-order chi connectivity index (χ1) is 10.1. The summed E-state index contributed by atoms with van der Waals surface area (Å²) in [5, 5.41) is 0.916. The molecule has 0 saturated heterocycles. The Hall–Kier alpha value is -2.34. The van der Waals surface area contributed by atoms with E-state index >= 15 is 0 Å². The molecule has 0 saturated carbocycles. The van der Waals surface area contributed by atoms with Crippen LogP contribution < -0.4 is 16.0 Å². The molecule has 0 bridgehead atoms. The average Bonchev–Trinajstić information content (AvgIpc) is 2.45. The average molecular weight is 307 g/mol. The topological polar surface area (TPSA) is 85.2 Å². The van der Waals surface area contributed by atoms with Crippen molar-refractivity contribution in [1.29, 1.82) is 0 Å². The summed E-state index contributed by atoms with van der Waals surface area (Å²) < 4.78 is 11.0. The van der Waals surface area contributed by atoms with Gasteiger partial charge in [0, 0.05) is 5.39 Å². The quantitative estimate of drug-likeness (QED) is 0.751. The van der Waals surface area contributed by atoms with Gasteiger partial charge >= 0.3 is 5.69 Å². The van der Waals surface area contributed by atoms with Gasteiger partial charge in [0.05, 0.1) is 6.61 Å². The van der Waals surface area contributed by atoms with Gasteiger partial charge in [-0.15, -0.1) is 0 Å². The molecular weight excluding hydrogens is 296 g/mol. The van der Waals surface area contributed by atoms with Gasteiger partial charge in [-0.25, -0.2) is 4.79 Å². The number of benzene rings is 1. The molecule has 1 aromatic rings. The fourth-order valence-electron chi connectivity index (χ4n) is 1.99. The van der Waals surface area contributed by atoms with E-state index in [0.717, 1.165) is 6.42 Å². The molecular formula is C14H11ClN2O4. The van der Waals surface area contributed by atoms with Crippen LogP contribution in [0.3, 0.4) is 0 Å². The predicted octanol–water partition coefficient (Wildman–Crippen LogP) is 2.42. The van der Waals surface area contributed by atoms with Gasteiger partial charge in [0.25, 0.3) is 5.56 Å². The largest absolute Gasteiger partial charge is 0.492 e. The van der Waals surface area contributed by atoms with E-state index in [4.69, 9.17) is 20.8 Å². The van der Waals surface area contributed by atoms with Crippen molar-refractivity contribution in [2.45, 2.75) is 13.3 Å². The van der Waals surface area contributed by atoms with Gasteiger partial charge in [0.2, 0.25) is 5.89 Å². The molecule has 108 valence electrons. The van der Waals surface area contributed by atoms with Gasteiger partial charge in [-0.05, 0) is 24.6 Å². The maximum absolute atomic E-state index is 11.7. The van der Waals surface area contributed by atoms with Gasteiger partial charge in [0.1, 0.15) is 16.3 Å². The smallest absolute Gasteiger partial charge is 0.351 e. The molecule has 0 radical (unpaired) electrons. The number of fused-ring (bicyclic) bond motifs is 2. The normalized spacial score (nSPS) is 11.1. The van der Waals surface area contributed by atoms with Gasteiger partial charge in [-0.2, -0.15) is 4.98 Å². The van der Waals surface area contributed by atoms with Crippen molar-refractivity contribution in [3.8, 4) is 17.2 Å². The van der Waals surface area contributed by atoms with Crippen molar-refractivity contribution in [2.75, 3.05) is 6.61 Å². The number of hydrogen-bond donors (Lipinski definition) is 1. The lowest BCUT2D eigenvalue weighted by atomic mass is 10.1. The number of rotatable bonds is 3. The summed E-state index contributed by atoms with van der Waals surface area (Å²) in [5.41, 5.74) is -0.779. The summed E-state index contributed by atoms with van der Waals surface area (Å²) >= 11 is 6.25. The monoisotopic (exact) mass is 306 g/mol. The second-order valence-electron chi connectivity index (χ2n) is 4.48. The lowest BCUT2D eigenvalue weighted by Crippen LogP contribution is -2.24. The van der Waals surface area contributed by atoms with Crippen molar-refractivity contribution in [1.82, 2.24) is 9.97 Å². The summed E-state index contributed by atoms with van der Waals surface area (Å²) in [4.78, 5) is 28.7.